The first-order valence-corrected chi connectivity index (χ1v) is 10.5. The summed E-state index contributed by atoms with van der Waals surface area (Å²) in [6.45, 7) is 0.924. The topological polar surface area (TPSA) is 92.4 Å². The molecule has 33 heavy (non-hydrogen) atoms. The fraction of sp³-hybridized carbons (Fsp3) is 0.208. The van der Waals surface area contributed by atoms with Crippen LogP contribution < -0.4 is 19.5 Å². The van der Waals surface area contributed by atoms with Crippen molar-refractivity contribution in [3.05, 3.63) is 72.7 Å². The number of aromatic nitrogens is 4. The van der Waals surface area contributed by atoms with E-state index in [1.807, 2.05) is 48.5 Å². The van der Waals surface area contributed by atoms with Crippen LogP contribution in [0.2, 0.25) is 0 Å². The zero-order chi connectivity index (χ0) is 22.8. The van der Waals surface area contributed by atoms with E-state index in [4.69, 9.17) is 14.2 Å². The van der Waals surface area contributed by atoms with E-state index >= 15 is 0 Å². The fourth-order valence-corrected chi connectivity index (χ4v) is 3.75. The molecule has 1 amide bonds. The summed E-state index contributed by atoms with van der Waals surface area (Å²) in [6.07, 6.45) is 3.19. The molecule has 0 radical (unpaired) electrons. The Morgan fingerprint density at radius 1 is 1.18 bits per heavy atom. The minimum absolute atomic E-state index is 0.177. The molecule has 1 aliphatic rings. The molecule has 0 aliphatic carbocycles. The molecule has 4 aromatic rings. The number of hydrogen-bond acceptors (Lipinski definition) is 6. The van der Waals surface area contributed by atoms with Crippen LogP contribution in [0, 0.1) is 0 Å². The van der Waals surface area contributed by atoms with E-state index in [-0.39, 0.29) is 12.0 Å². The number of carbonyl (C=O) groups excluding carboxylic acids is 1. The Morgan fingerprint density at radius 2 is 1.97 bits per heavy atom. The second kappa shape index (κ2) is 8.70. The van der Waals surface area contributed by atoms with Crippen molar-refractivity contribution in [2.24, 2.45) is 7.05 Å². The van der Waals surface area contributed by atoms with E-state index in [0.29, 0.717) is 36.0 Å². The largest absolute Gasteiger partial charge is 0.496 e. The van der Waals surface area contributed by atoms with Crippen molar-refractivity contribution in [2.45, 2.75) is 12.6 Å². The molecule has 1 atom stereocenters. The number of anilines is 1. The molecule has 9 heteroatoms. The van der Waals surface area contributed by atoms with Gasteiger partial charge in [-0.15, -0.1) is 0 Å². The van der Waals surface area contributed by atoms with Crippen molar-refractivity contribution in [2.75, 3.05) is 19.0 Å². The Hall–Kier alpha value is -4.27. The summed E-state index contributed by atoms with van der Waals surface area (Å²) in [5.74, 6) is 1.87. The number of benzene rings is 2. The van der Waals surface area contributed by atoms with Gasteiger partial charge in [0.05, 0.1) is 31.2 Å². The Labute approximate surface area is 190 Å². The van der Waals surface area contributed by atoms with Gasteiger partial charge in [-0.2, -0.15) is 10.2 Å². The minimum Gasteiger partial charge on any atom is -0.496 e. The average Bonchev–Trinajstić information content (AvgIpc) is 3.45. The SMILES string of the molecule is COc1ccccc1-c1cc(C(=O)Nc2cnn(CC3COc4ccccc4O3)c2)n(C)n1. The summed E-state index contributed by atoms with van der Waals surface area (Å²) in [7, 11) is 3.34. The number of nitrogens with zero attached hydrogens (tertiary/aromatic N) is 4. The summed E-state index contributed by atoms with van der Waals surface area (Å²) in [5, 5.41) is 11.7. The Morgan fingerprint density at radius 3 is 2.82 bits per heavy atom. The number of aryl methyl sites for hydroxylation is 1. The van der Waals surface area contributed by atoms with E-state index in [1.165, 1.54) is 0 Å². The van der Waals surface area contributed by atoms with Gasteiger partial charge in [-0.1, -0.05) is 24.3 Å². The summed E-state index contributed by atoms with van der Waals surface area (Å²) >= 11 is 0. The average molecular weight is 445 g/mol. The summed E-state index contributed by atoms with van der Waals surface area (Å²) in [6, 6.07) is 16.9. The third kappa shape index (κ3) is 4.25. The summed E-state index contributed by atoms with van der Waals surface area (Å²) in [5.41, 5.74) is 2.48. The fourth-order valence-electron chi connectivity index (χ4n) is 3.75. The van der Waals surface area contributed by atoms with Gasteiger partial charge in [0.1, 0.15) is 18.1 Å². The molecule has 2 aromatic heterocycles. The number of para-hydroxylation sites is 3. The van der Waals surface area contributed by atoms with Crippen LogP contribution >= 0.6 is 0 Å². The predicted molar refractivity (Wildman–Crippen MR) is 122 cm³/mol. The molecular formula is C24H23N5O4. The predicted octanol–water partition coefficient (Wildman–Crippen LogP) is 3.38. The van der Waals surface area contributed by atoms with Crippen molar-refractivity contribution < 1.29 is 19.0 Å². The molecule has 9 nitrogen and oxygen atoms in total. The number of fused-ring (bicyclic) bond motifs is 1. The number of methoxy groups -OCH3 is 1. The molecule has 0 saturated heterocycles. The van der Waals surface area contributed by atoms with Crippen LogP contribution in [0.15, 0.2) is 67.0 Å². The van der Waals surface area contributed by atoms with E-state index in [9.17, 15) is 4.79 Å². The van der Waals surface area contributed by atoms with Crippen LogP contribution in [-0.2, 0) is 13.6 Å². The smallest absolute Gasteiger partial charge is 0.274 e. The maximum Gasteiger partial charge on any atom is 0.274 e. The number of carbonyl (C=O) groups is 1. The highest BCUT2D eigenvalue weighted by Gasteiger charge is 2.22. The molecule has 1 unspecified atom stereocenters. The molecule has 168 valence electrons. The zero-order valence-electron chi connectivity index (χ0n) is 18.3. The van der Waals surface area contributed by atoms with E-state index in [1.54, 1.807) is 42.0 Å². The number of amides is 1. The highest BCUT2D eigenvalue weighted by molar-refractivity contribution is 6.03. The lowest BCUT2D eigenvalue weighted by Gasteiger charge is -2.26. The van der Waals surface area contributed by atoms with Crippen molar-refractivity contribution in [3.8, 4) is 28.5 Å². The first kappa shape index (κ1) is 20.6. The first-order valence-electron chi connectivity index (χ1n) is 10.5. The van der Waals surface area contributed by atoms with Gasteiger partial charge >= 0.3 is 0 Å². The molecule has 5 rings (SSSR count). The zero-order valence-corrected chi connectivity index (χ0v) is 18.3. The lowest BCUT2D eigenvalue weighted by atomic mass is 10.1. The van der Waals surface area contributed by atoms with Crippen molar-refractivity contribution in [3.63, 3.8) is 0 Å². The second-order valence-corrected chi connectivity index (χ2v) is 7.64. The van der Waals surface area contributed by atoms with Gasteiger partial charge in [0.25, 0.3) is 5.91 Å². The maximum absolute atomic E-state index is 12.9. The van der Waals surface area contributed by atoms with E-state index in [0.717, 1.165) is 17.1 Å². The van der Waals surface area contributed by atoms with Crippen molar-refractivity contribution in [1.29, 1.82) is 0 Å². The molecule has 0 fully saturated rings. The minimum atomic E-state index is -0.281. The third-order valence-electron chi connectivity index (χ3n) is 5.34. The first-order chi connectivity index (χ1) is 16.1. The van der Waals surface area contributed by atoms with Crippen molar-refractivity contribution in [1.82, 2.24) is 19.6 Å². The van der Waals surface area contributed by atoms with Gasteiger partial charge in [-0.25, -0.2) is 0 Å². The highest BCUT2D eigenvalue weighted by Crippen LogP contribution is 2.31. The van der Waals surface area contributed by atoms with Gasteiger partial charge in [0.2, 0.25) is 0 Å². The Kier molecular flexibility index (Phi) is 5.43. The molecule has 0 saturated carbocycles. The molecule has 1 aliphatic heterocycles. The molecule has 2 aromatic carbocycles. The lowest BCUT2D eigenvalue weighted by Crippen LogP contribution is -2.33. The number of nitrogens with one attached hydrogen (secondary N) is 1. The van der Waals surface area contributed by atoms with Crippen LogP contribution in [0.25, 0.3) is 11.3 Å². The van der Waals surface area contributed by atoms with Gasteiger partial charge < -0.3 is 19.5 Å². The van der Waals surface area contributed by atoms with Gasteiger partial charge in [0.15, 0.2) is 17.6 Å². The molecule has 1 N–H and O–H groups in total. The van der Waals surface area contributed by atoms with Crippen LogP contribution in [-0.4, -0.2) is 45.3 Å². The molecule has 0 bridgehead atoms. The Balaban J connectivity index is 1.26. The number of rotatable bonds is 6. The molecular weight excluding hydrogens is 422 g/mol. The summed E-state index contributed by atoms with van der Waals surface area (Å²) < 4.78 is 20.4. The lowest BCUT2D eigenvalue weighted by molar-refractivity contribution is 0.0759. The summed E-state index contributed by atoms with van der Waals surface area (Å²) in [4.78, 5) is 12.9. The number of ether oxygens (including phenoxy) is 3. The molecule has 0 spiro atoms. The number of hydrogen-bond donors (Lipinski definition) is 1. The third-order valence-corrected chi connectivity index (χ3v) is 5.34. The maximum atomic E-state index is 12.9. The molecule has 3 heterocycles. The van der Waals surface area contributed by atoms with Crippen LogP contribution in [0.3, 0.4) is 0 Å². The van der Waals surface area contributed by atoms with Gasteiger partial charge in [-0.3, -0.25) is 14.2 Å². The standard InChI is InChI=1S/C24H23N5O4/c1-28-20(11-19(27-28)18-7-3-4-8-21(18)31-2)24(30)26-16-12-25-29(13-16)14-17-15-32-22-9-5-6-10-23(22)33-17/h3-13,17H,14-15H2,1-2H3,(H,26,30). The quantitative estimate of drug-likeness (QED) is 0.489. The van der Waals surface area contributed by atoms with E-state index < -0.39 is 0 Å². The monoisotopic (exact) mass is 445 g/mol. The van der Waals surface area contributed by atoms with Crippen LogP contribution in [0.1, 0.15) is 10.5 Å². The highest BCUT2D eigenvalue weighted by atomic mass is 16.6. The van der Waals surface area contributed by atoms with Gasteiger partial charge in [-0.05, 0) is 30.3 Å². The van der Waals surface area contributed by atoms with Crippen LogP contribution in [0.5, 0.6) is 17.2 Å². The van der Waals surface area contributed by atoms with Crippen molar-refractivity contribution >= 4 is 11.6 Å². The van der Waals surface area contributed by atoms with E-state index in [2.05, 4.69) is 15.5 Å². The van der Waals surface area contributed by atoms with Gasteiger partial charge in [0, 0.05) is 18.8 Å². The normalized spacial score (nSPS) is 14.7. The Bertz CT molecular complexity index is 1300. The van der Waals surface area contributed by atoms with Crippen LogP contribution in [0.4, 0.5) is 5.69 Å². The second-order valence-electron chi connectivity index (χ2n) is 7.64.